The van der Waals surface area contributed by atoms with Crippen LogP contribution in [0.4, 0.5) is 5.69 Å². The van der Waals surface area contributed by atoms with Crippen LogP contribution in [0.25, 0.3) is 0 Å². The molecule has 1 aliphatic heterocycles. The van der Waals surface area contributed by atoms with Crippen molar-refractivity contribution < 1.29 is 4.79 Å². The molecule has 1 unspecified atom stereocenters. The van der Waals surface area contributed by atoms with Crippen LogP contribution in [0.15, 0.2) is 30.3 Å². The molecule has 0 saturated carbocycles. The number of benzene rings is 1. The molecule has 1 heterocycles. The number of rotatable bonds is 5. The highest BCUT2D eigenvalue weighted by molar-refractivity contribution is 5.85. The number of carbonyl (C=O) groups excluding carboxylic acids is 1. The van der Waals surface area contributed by atoms with Gasteiger partial charge in [0.25, 0.3) is 0 Å². The summed E-state index contributed by atoms with van der Waals surface area (Å²) in [6.07, 6.45) is 1.18. The molecule has 0 aromatic heterocycles. The first-order valence-corrected chi connectivity index (χ1v) is 6.48. The van der Waals surface area contributed by atoms with Gasteiger partial charge in [0.1, 0.15) is 0 Å². The Morgan fingerprint density at radius 1 is 1.30 bits per heavy atom. The van der Waals surface area contributed by atoms with E-state index in [1.54, 1.807) is 0 Å². The number of hydrogen-bond acceptors (Lipinski definition) is 3. The van der Waals surface area contributed by atoms with E-state index in [0.29, 0.717) is 12.5 Å². The molecule has 20 heavy (non-hydrogen) atoms. The van der Waals surface area contributed by atoms with Crippen molar-refractivity contribution in [2.24, 2.45) is 5.92 Å². The number of hydrogen-bond donors (Lipinski definition) is 2. The van der Waals surface area contributed by atoms with Gasteiger partial charge in [-0.15, -0.1) is 24.8 Å². The van der Waals surface area contributed by atoms with Crippen molar-refractivity contribution in [2.75, 3.05) is 38.5 Å². The van der Waals surface area contributed by atoms with Crippen LogP contribution in [0.2, 0.25) is 0 Å². The van der Waals surface area contributed by atoms with Gasteiger partial charge in [-0.3, -0.25) is 4.79 Å². The molecule has 0 aliphatic carbocycles. The number of nitrogens with one attached hydrogen (secondary N) is 2. The molecule has 2 N–H and O–H groups in total. The first kappa shape index (κ1) is 19.0. The Kier molecular flexibility index (Phi) is 9.38. The zero-order valence-electron chi connectivity index (χ0n) is 11.7. The summed E-state index contributed by atoms with van der Waals surface area (Å²) in [6, 6.07) is 9.78. The average Bonchev–Trinajstić information content (AvgIpc) is 2.81. The van der Waals surface area contributed by atoms with E-state index in [1.165, 1.54) is 6.42 Å². The minimum absolute atomic E-state index is 0. The highest BCUT2D eigenvalue weighted by atomic mass is 35.5. The predicted molar refractivity (Wildman–Crippen MR) is 88.0 cm³/mol. The summed E-state index contributed by atoms with van der Waals surface area (Å²) < 4.78 is 0. The Morgan fingerprint density at radius 3 is 2.60 bits per heavy atom. The minimum atomic E-state index is 0. The molecule has 0 bridgehead atoms. The number of nitrogens with zero attached hydrogens (tertiary/aromatic N) is 1. The Bertz CT molecular complexity index is 389. The third-order valence-corrected chi connectivity index (χ3v) is 3.30. The molecular weight excluding hydrogens is 297 g/mol. The molecule has 0 radical (unpaired) electrons. The molecule has 1 aromatic carbocycles. The number of anilines is 1. The van der Waals surface area contributed by atoms with Crippen molar-refractivity contribution in [1.82, 2.24) is 10.2 Å². The number of carbonyl (C=O) groups is 1. The van der Waals surface area contributed by atoms with Crippen molar-refractivity contribution in [3.63, 3.8) is 0 Å². The summed E-state index contributed by atoms with van der Waals surface area (Å²) in [5, 5.41) is 6.09. The number of amides is 1. The van der Waals surface area contributed by atoms with Crippen molar-refractivity contribution in [3.05, 3.63) is 30.3 Å². The SMILES string of the molecule is CN1CCC(CNC(=O)CNc2ccccc2)C1.Cl.Cl. The van der Waals surface area contributed by atoms with Crippen molar-refractivity contribution in [2.45, 2.75) is 6.42 Å². The molecule has 2 rings (SSSR count). The van der Waals surface area contributed by atoms with Crippen LogP contribution in [0.5, 0.6) is 0 Å². The molecule has 4 nitrogen and oxygen atoms in total. The van der Waals surface area contributed by atoms with Gasteiger partial charge in [-0.1, -0.05) is 18.2 Å². The van der Waals surface area contributed by atoms with Gasteiger partial charge in [0.05, 0.1) is 6.54 Å². The summed E-state index contributed by atoms with van der Waals surface area (Å²) in [7, 11) is 2.12. The van der Waals surface area contributed by atoms with Crippen LogP contribution in [-0.2, 0) is 4.79 Å². The lowest BCUT2D eigenvalue weighted by Crippen LogP contribution is -2.34. The molecule has 114 valence electrons. The van der Waals surface area contributed by atoms with Crippen LogP contribution in [0.3, 0.4) is 0 Å². The van der Waals surface area contributed by atoms with E-state index < -0.39 is 0 Å². The van der Waals surface area contributed by atoms with Crippen molar-refractivity contribution in [3.8, 4) is 0 Å². The largest absolute Gasteiger partial charge is 0.376 e. The summed E-state index contributed by atoms with van der Waals surface area (Å²) in [4.78, 5) is 14.0. The van der Waals surface area contributed by atoms with Crippen LogP contribution >= 0.6 is 24.8 Å². The van der Waals surface area contributed by atoms with Gasteiger partial charge in [0, 0.05) is 18.8 Å². The maximum absolute atomic E-state index is 11.7. The van der Waals surface area contributed by atoms with Gasteiger partial charge in [0.2, 0.25) is 5.91 Å². The normalized spacial score (nSPS) is 17.8. The first-order chi connectivity index (χ1) is 8.74. The van der Waals surface area contributed by atoms with Crippen LogP contribution in [-0.4, -0.2) is 44.0 Å². The van der Waals surface area contributed by atoms with E-state index >= 15 is 0 Å². The molecule has 6 heteroatoms. The second-order valence-corrected chi connectivity index (χ2v) is 4.94. The Morgan fingerprint density at radius 2 is 2.00 bits per heavy atom. The zero-order chi connectivity index (χ0) is 12.8. The molecule has 1 aliphatic rings. The number of likely N-dealkylation sites (tertiary alicyclic amines) is 1. The fourth-order valence-electron chi connectivity index (χ4n) is 2.25. The molecule has 1 fully saturated rings. The third-order valence-electron chi connectivity index (χ3n) is 3.30. The summed E-state index contributed by atoms with van der Waals surface area (Å²) in [5.74, 6) is 0.670. The standard InChI is InChI=1S/C14H21N3O.2ClH/c1-17-8-7-12(11-17)9-16-14(18)10-15-13-5-3-2-4-6-13;;/h2-6,12,15H,7-11H2,1H3,(H,16,18);2*1H. The molecule has 1 atom stereocenters. The number of para-hydroxylation sites is 1. The van der Waals surface area contributed by atoms with Gasteiger partial charge in [-0.2, -0.15) is 0 Å². The average molecular weight is 320 g/mol. The lowest BCUT2D eigenvalue weighted by Gasteiger charge is -2.12. The van der Waals surface area contributed by atoms with Crippen LogP contribution < -0.4 is 10.6 Å². The van der Waals surface area contributed by atoms with E-state index in [2.05, 4.69) is 22.6 Å². The van der Waals surface area contributed by atoms with Crippen molar-refractivity contribution in [1.29, 1.82) is 0 Å². The first-order valence-electron chi connectivity index (χ1n) is 6.48. The lowest BCUT2D eigenvalue weighted by atomic mass is 10.1. The lowest BCUT2D eigenvalue weighted by molar-refractivity contribution is -0.119. The molecule has 1 amide bonds. The second-order valence-electron chi connectivity index (χ2n) is 4.94. The maximum Gasteiger partial charge on any atom is 0.239 e. The topological polar surface area (TPSA) is 44.4 Å². The fourth-order valence-corrected chi connectivity index (χ4v) is 2.25. The molecule has 0 spiro atoms. The van der Waals surface area contributed by atoms with Gasteiger partial charge in [-0.25, -0.2) is 0 Å². The molecule has 1 aromatic rings. The highest BCUT2D eigenvalue weighted by Crippen LogP contribution is 2.12. The van der Waals surface area contributed by atoms with E-state index in [4.69, 9.17) is 0 Å². The van der Waals surface area contributed by atoms with E-state index in [9.17, 15) is 4.79 Å². The van der Waals surface area contributed by atoms with E-state index in [1.807, 2.05) is 30.3 Å². The zero-order valence-corrected chi connectivity index (χ0v) is 13.3. The highest BCUT2D eigenvalue weighted by Gasteiger charge is 2.19. The predicted octanol–water partition coefficient (Wildman–Crippen LogP) is 2.01. The Hall–Kier alpha value is -0.970. The maximum atomic E-state index is 11.7. The summed E-state index contributed by atoms with van der Waals surface area (Å²) in [5.41, 5.74) is 0.980. The smallest absolute Gasteiger partial charge is 0.239 e. The Balaban J connectivity index is 0.00000180. The third kappa shape index (κ3) is 6.46. The number of halogens is 2. The second kappa shape index (κ2) is 9.86. The minimum Gasteiger partial charge on any atom is -0.376 e. The Labute approximate surface area is 133 Å². The van der Waals surface area contributed by atoms with Gasteiger partial charge < -0.3 is 15.5 Å². The van der Waals surface area contributed by atoms with Gasteiger partial charge >= 0.3 is 0 Å². The fraction of sp³-hybridized carbons (Fsp3) is 0.500. The van der Waals surface area contributed by atoms with Gasteiger partial charge in [0.15, 0.2) is 0 Å². The monoisotopic (exact) mass is 319 g/mol. The summed E-state index contributed by atoms with van der Waals surface area (Å²) in [6.45, 7) is 3.36. The van der Waals surface area contributed by atoms with E-state index in [0.717, 1.165) is 25.3 Å². The van der Waals surface area contributed by atoms with Crippen LogP contribution in [0.1, 0.15) is 6.42 Å². The summed E-state index contributed by atoms with van der Waals surface area (Å²) >= 11 is 0. The van der Waals surface area contributed by atoms with Gasteiger partial charge in [-0.05, 0) is 38.1 Å². The van der Waals surface area contributed by atoms with E-state index in [-0.39, 0.29) is 30.7 Å². The quantitative estimate of drug-likeness (QED) is 0.872. The molecule has 1 saturated heterocycles. The van der Waals surface area contributed by atoms with Crippen LogP contribution in [0, 0.1) is 5.92 Å². The van der Waals surface area contributed by atoms with Crippen molar-refractivity contribution >= 4 is 36.4 Å². The molecular formula is C14H23Cl2N3O.